The highest BCUT2D eigenvalue weighted by Crippen LogP contribution is 2.07. The maximum Gasteiger partial charge on any atom is 0.265 e. The molecular formula is C12H16F2N2O3S. The third-order valence-electron chi connectivity index (χ3n) is 2.41. The van der Waals surface area contributed by atoms with Gasteiger partial charge in [0.15, 0.2) is 0 Å². The van der Waals surface area contributed by atoms with Gasteiger partial charge in [0.2, 0.25) is 5.91 Å². The monoisotopic (exact) mass is 306 g/mol. The highest BCUT2D eigenvalue weighted by atomic mass is 32.1. The number of aliphatic hydroxyl groups is 1. The van der Waals surface area contributed by atoms with Gasteiger partial charge >= 0.3 is 0 Å². The van der Waals surface area contributed by atoms with E-state index >= 15 is 0 Å². The number of thiophene rings is 1. The third-order valence-corrected chi connectivity index (χ3v) is 3.28. The van der Waals surface area contributed by atoms with Crippen molar-refractivity contribution in [3.63, 3.8) is 0 Å². The van der Waals surface area contributed by atoms with E-state index in [1.54, 1.807) is 17.5 Å². The number of carbonyl (C=O) groups excluding carboxylic acids is 2. The Kier molecular flexibility index (Phi) is 7.10. The van der Waals surface area contributed by atoms with E-state index in [0.29, 0.717) is 17.8 Å². The standard InChI is InChI=1S/C12H16F2N2O3S/c13-11(14)8(17)7-16-10(18)4-1-5-15-12(19)9-3-2-6-20-9/h2-3,6,8,11,17H,1,4-5,7H2,(H,15,19)(H,16,18). The molecule has 0 bridgehead atoms. The van der Waals surface area contributed by atoms with Crippen LogP contribution in [0.5, 0.6) is 0 Å². The first-order valence-electron chi connectivity index (χ1n) is 6.05. The summed E-state index contributed by atoms with van der Waals surface area (Å²) in [5.41, 5.74) is 0. The van der Waals surface area contributed by atoms with Gasteiger partial charge in [-0.25, -0.2) is 8.78 Å². The number of alkyl halides is 2. The molecular weight excluding hydrogens is 290 g/mol. The van der Waals surface area contributed by atoms with Gasteiger partial charge in [-0.3, -0.25) is 9.59 Å². The van der Waals surface area contributed by atoms with Crippen molar-refractivity contribution >= 4 is 23.2 Å². The van der Waals surface area contributed by atoms with Crippen molar-refractivity contribution in [1.29, 1.82) is 0 Å². The van der Waals surface area contributed by atoms with Crippen LogP contribution in [-0.4, -0.2) is 42.5 Å². The molecule has 0 fully saturated rings. The largest absolute Gasteiger partial charge is 0.385 e. The number of hydrogen-bond donors (Lipinski definition) is 3. The first-order valence-corrected chi connectivity index (χ1v) is 6.93. The summed E-state index contributed by atoms with van der Waals surface area (Å²) in [6.07, 6.45) is -4.23. The lowest BCUT2D eigenvalue weighted by Gasteiger charge is -2.10. The summed E-state index contributed by atoms with van der Waals surface area (Å²) >= 11 is 1.32. The average molecular weight is 306 g/mol. The summed E-state index contributed by atoms with van der Waals surface area (Å²) in [6, 6.07) is 3.46. The quantitative estimate of drug-likeness (QED) is 0.627. The van der Waals surface area contributed by atoms with Crippen LogP contribution in [0.25, 0.3) is 0 Å². The lowest BCUT2D eigenvalue weighted by Crippen LogP contribution is -2.36. The fourth-order valence-corrected chi connectivity index (χ4v) is 1.98. The molecule has 0 aromatic carbocycles. The van der Waals surface area contributed by atoms with Gasteiger partial charge in [-0.15, -0.1) is 11.3 Å². The predicted molar refractivity (Wildman–Crippen MR) is 70.9 cm³/mol. The third kappa shape index (κ3) is 6.07. The van der Waals surface area contributed by atoms with Crippen LogP contribution in [0.1, 0.15) is 22.5 Å². The maximum atomic E-state index is 12.0. The summed E-state index contributed by atoms with van der Waals surface area (Å²) in [4.78, 5) is 23.4. The number of aliphatic hydroxyl groups excluding tert-OH is 1. The molecule has 2 amide bonds. The first kappa shape index (κ1) is 16.5. The zero-order valence-electron chi connectivity index (χ0n) is 10.6. The highest BCUT2D eigenvalue weighted by molar-refractivity contribution is 7.12. The summed E-state index contributed by atoms with van der Waals surface area (Å²) in [7, 11) is 0. The Balaban J connectivity index is 2.09. The van der Waals surface area contributed by atoms with Gasteiger partial charge in [0.25, 0.3) is 12.3 Å². The van der Waals surface area contributed by atoms with Gasteiger partial charge in [-0.2, -0.15) is 0 Å². The Bertz CT molecular complexity index is 426. The lowest BCUT2D eigenvalue weighted by atomic mass is 10.2. The van der Waals surface area contributed by atoms with Crippen molar-refractivity contribution in [3.8, 4) is 0 Å². The molecule has 5 nitrogen and oxygen atoms in total. The van der Waals surface area contributed by atoms with E-state index in [4.69, 9.17) is 5.11 Å². The molecule has 0 radical (unpaired) electrons. The van der Waals surface area contributed by atoms with Crippen LogP contribution in [0.15, 0.2) is 17.5 Å². The van der Waals surface area contributed by atoms with E-state index in [1.807, 2.05) is 0 Å². The minimum atomic E-state index is -2.87. The molecule has 0 saturated heterocycles. The minimum absolute atomic E-state index is 0.0979. The summed E-state index contributed by atoms with van der Waals surface area (Å²) in [5, 5.41) is 15.4. The molecule has 1 atom stereocenters. The van der Waals surface area contributed by atoms with Crippen LogP contribution in [0, 0.1) is 0 Å². The molecule has 0 aliphatic rings. The Morgan fingerprint density at radius 1 is 1.35 bits per heavy atom. The molecule has 112 valence electrons. The Morgan fingerprint density at radius 3 is 2.70 bits per heavy atom. The van der Waals surface area contributed by atoms with Gasteiger partial charge in [-0.1, -0.05) is 6.07 Å². The molecule has 1 aromatic rings. The average Bonchev–Trinajstić information content (AvgIpc) is 2.94. The van der Waals surface area contributed by atoms with Crippen molar-refractivity contribution in [2.45, 2.75) is 25.4 Å². The Labute approximate surface area is 119 Å². The summed E-state index contributed by atoms with van der Waals surface area (Å²) in [6.45, 7) is -0.153. The second-order valence-corrected chi connectivity index (χ2v) is 4.99. The zero-order chi connectivity index (χ0) is 15.0. The van der Waals surface area contributed by atoms with Crippen LogP contribution in [0.3, 0.4) is 0 Å². The van der Waals surface area contributed by atoms with Gasteiger partial charge in [0, 0.05) is 19.5 Å². The van der Waals surface area contributed by atoms with Crippen LogP contribution >= 0.6 is 11.3 Å². The van der Waals surface area contributed by atoms with Crippen molar-refractivity contribution < 1.29 is 23.5 Å². The summed E-state index contributed by atoms with van der Waals surface area (Å²) < 4.78 is 23.9. The molecule has 8 heteroatoms. The molecule has 3 N–H and O–H groups in total. The van der Waals surface area contributed by atoms with E-state index in [-0.39, 0.29) is 12.3 Å². The predicted octanol–water partition coefficient (Wildman–Crippen LogP) is 1.00. The molecule has 1 unspecified atom stereocenters. The lowest BCUT2D eigenvalue weighted by molar-refractivity contribution is -0.122. The van der Waals surface area contributed by atoms with Crippen LogP contribution in [-0.2, 0) is 4.79 Å². The van der Waals surface area contributed by atoms with Crippen LogP contribution in [0.4, 0.5) is 8.78 Å². The van der Waals surface area contributed by atoms with Crippen molar-refractivity contribution in [1.82, 2.24) is 10.6 Å². The Morgan fingerprint density at radius 2 is 2.10 bits per heavy atom. The topological polar surface area (TPSA) is 78.4 Å². The van der Waals surface area contributed by atoms with Gasteiger partial charge in [0.05, 0.1) is 4.88 Å². The highest BCUT2D eigenvalue weighted by Gasteiger charge is 2.17. The number of amides is 2. The van der Waals surface area contributed by atoms with Gasteiger partial charge in [-0.05, 0) is 17.9 Å². The maximum absolute atomic E-state index is 12.0. The zero-order valence-corrected chi connectivity index (χ0v) is 11.5. The van der Waals surface area contributed by atoms with E-state index in [1.165, 1.54) is 11.3 Å². The fourth-order valence-electron chi connectivity index (χ4n) is 1.34. The molecule has 20 heavy (non-hydrogen) atoms. The normalized spacial score (nSPS) is 12.2. The minimum Gasteiger partial charge on any atom is -0.385 e. The van der Waals surface area contributed by atoms with E-state index < -0.39 is 25.0 Å². The molecule has 1 rings (SSSR count). The second kappa shape index (κ2) is 8.60. The molecule has 0 aliphatic heterocycles. The first-order chi connectivity index (χ1) is 9.50. The van der Waals surface area contributed by atoms with E-state index in [9.17, 15) is 18.4 Å². The molecule has 1 heterocycles. The SMILES string of the molecule is O=C(CCCNC(=O)c1cccs1)NCC(O)C(F)F. The molecule has 1 aromatic heterocycles. The van der Waals surface area contributed by atoms with E-state index in [0.717, 1.165) is 0 Å². The van der Waals surface area contributed by atoms with Crippen LogP contribution in [0.2, 0.25) is 0 Å². The fraction of sp³-hybridized carbons (Fsp3) is 0.500. The van der Waals surface area contributed by atoms with Gasteiger partial charge in [0.1, 0.15) is 6.10 Å². The van der Waals surface area contributed by atoms with Gasteiger partial charge < -0.3 is 15.7 Å². The van der Waals surface area contributed by atoms with Crippen LogP contribution < -0.4 is 10.6 Å². The smallest absolute Gasteiger partial charge is 0.265 e. The molecule has 0 spiro atoms. The number of halogens is 2. The second-order valence-electron chi connectivity index (χ2n) is 4.04. The summed E-state index contributed by atoms with van der Waals surface area (Å²) in [5.74, 6) is -0.636. The number of nitrogens with one attached hydrogen (secondary N) is 2. The van der Waals surface area contributed by atoms with E-state index in [2.05, 4.69) is 10.6 Å². The Hall–Kier alpha value is -1.54. The van der Waals surface area contributed by atoms with Crippen molar-refractivity contribution in [3.05, 3.63) is 22.4 Å². The van der Waals surface area contributed by atoms with Crippen molar-refractivity contribution in [2.75, 3.05) is 13.1 Å². The molecule has 0 saturated carbocycles. The number of carbonyl (C=O) groups is 2. The number of rotatable bonds is 8. The van der Waals surface area contributed by atoms with Crippen molar-refractivity contribution in [2.24, 2.45) is 0 Å². The number of hydrogen-bond acceptors (Lipinski definition) is 4. The molecule has 0 aliphatic carbocycles.